The lowest BCUT2D eigenvalue weighted by atomic mass is 10.1. The highest BCUT2D eigenvalue weighted by atomic mass is 32.2. The van der Waals surface area contributed by atoms with Crippen LogP contribution in [-0.2, 0) is 16.1 Å². The van der Waals surface area contributed by atoms with Crippen molar-refractivity contribution in [3.05, 3.63) is 83.9 Å². The Morgan fingerprint density at radius 1 is 1.06 bits per heavy atom. The average molecular weight is 699 g/mol. The molecule has 0 aliphatic carbocycles. The molecule has 0 unspecified atom stereocenters. The first-order chi connectivity index (χ1) is 22.1. The fourth-order valence-electron chi connectivity index (χ4n) is 4.27. The van der Waals surface area contributed by atoms with Gasteiger partial charge in [-0.2, -0.15) is 31.3 Å². The van der Waals surface area contributed by atoms with Gasteiger partial charge in [-0.15, -0.1) is 5.10 Å². The summed E-state index contributed by atoms with van der Waals surface area (Å²) in [5, 5.41) is 6.48. The molecule has 18 heteroatoms. The number of amidine groups is 1. The first-order valence-electron chi connectivity index (χ1n) is 13.3. The number of ether oxygens (including phenoxy) is 1. The summed E-state index contributed by atoms with van der Waals surface area (Å²) in [5.41, 5.74) is -2.87. The van der Waals surface area contributed by atoms with E-state index in [2.05, 4.69) is 20.4 Å². The molecule has 1 saturated heterocycles. The van der Waals surface area contributed by atoms with Crippen molar-refractivity contribution in [2.75, 3.05) is 22.6 Å². The van der Waals surface area contributed by atoms with Gasteiger partial charge in [-0.1, -0.05) is 23.9 Å². The maximum Gasteiger partial charge on any atom is 0.446 e. The summed E-state index contributed by atoms with van der Waals surface area (Å²) in [6.45, 7) is -0.233. The van der Waals surface area contributed by atoms with E-state index >= 15 is 4.39 Å². The van der Waals surface area contributed by atoms with E-state index in [1.807, 2.05) is 0 Å². The fraction of sp³-hybridized carbons (Fsp3) is 0.207. The van der Waals surface area contributed by atoms with Gasteiger partial charge in [-0.25, -0.2) is 18.9 Å². The molecule has 1 aliphatic rings. The number of benzene rings is 3. The first-order valence-corrected chi connectivity index (χ1v) is 15.1. The number of aromatic nitrogens is 3. The molecule has 0 spiro atoms. The maximum atomic E-state index is 15.0. The van der Waals surface area contributed by atoms with Gasteiger partial charge in [-0.05, 0) is 72.8 Å². The van der Waals surface area contributed by atoms with Crippen molar-refractivity contribution in [1.29, 1.82) is 0 Å². The number of amides is 3. The molecule has 2 heterocycles. The number of alkyl halides is 6. The quantitative estimate of drug-likeness (QED) is 0.148. The Kier molecular flexibility index (Phi) is 9.92. The van der Waals surface area contributed by atoms with Gasteiger partial charge >= 0.3 is 17.7 Å². The van der Waals surface area contributed by atoms with Crippen molar-refractivity contribution in [3.63, 3.8) is 0 Å². The molecule has 47 heavy (non-hydrogen) atoms. The molecule has 3 aromatic carbocycles. The Morgan fingerprint density at radius 3 is 2.49 bits per heavy atom. The molecule has 0 radical (unpaired) electrons. The molecule has 5 rings (SSSR count). The first kappa shape index (κ1) is 33.9. The van der Waals surface area contributed by atoms with E-state index in [0.717, 1.165) is 22.7 Å². The molecule has 1 aromatic heterocycles. The summed E-state index contributed by atoms with van der Waals surface area (Å²) >= 11 is 0.670. The van der Waals surface area contributed by atoms with Crippen LogP contribution >= 0.6 is 23.5 Å². The van der Waals surface area contributed by atoms with Crippen LogP contribution in [0.5, 0.6) is 0 Å². The van der Waals surface area contributed by atoms with Crippen molar-refractivity contribution in [1.82, 2.24) is 14.8 Å². The molecule has 9 nitrogen and oxygen atoms in total. The third-order valence-electron chi connectivity index (χ3n) is 6.26. The standard InChI is InChI=1S/C29H21F7N6O3S2/c1-16-2-3-18(12-45-14-28(31,32)33)23(10-16)42-24(43)13-46-27(42)39-26(44)38-22-9-4-17(11-21(22)30)25-37-15-41(40-25)19-5-7-20(8-6-19)47-29(34,35)36/h2-11,15H,12-14H2,1H3,(H,38,44). The van der Waals surface area contributed by atoms with Crippen molar-refractivity contribution < 1.29 is 45.1 Å². The highest BCUT2D eigenvalue weighted by Gasteiger charge is 2.33. The second-order valence-electron chi connectivity index (χ2n) is 9.83. The van der Waals surface area contributed by atoms with Crippen LogP contribution in [0.3, 0.4) is 0 Å². The molecule has 246 valence electrons. The van der Waals surface area contributed by atoms with Gasteiger partial charge in [-0.3, -0.25) is 9.69 Å². The molecule has 1 N–H and O–H groups in total. The van der Waals surface area contributed by atoms with Gasteiger partial charge < -0.3 is 10.1 Å². The number of urea groups is 1. The zero-order chi connectivity index (χ0) is 33.9. The molecule has 4 aromatic rings. The smallest absolute Gasteiger partial charge is 0.367 e. The van der Waals surface area contributed by atoms with Gasteiger partial charge in [0.2, 0.25) is 5.91 Å². The van der Waals surface area contributed by atoms with Crippen LogP contribution in [0.1, 0.15) is 11.1 Å². The van der Waals surface area contributed by atoms with E-state index in [9.17, 15) is 35.9 Å². The molecular weight excluding hydrogens is 677 g/mol. The summed E-state index contributed by atoms with van der Waals surface area (Å²) < 4.78 is 96.7. The summed E-state index contributed by atoms with van der Waals surface area (Å²) in [5.74, 6) is -1.33. The fourth-order valence-corrected chi connectivity index (χ4v) is 5.67. The van der Waals surface area contributed by atoms with Gasteiger partial charge in [0.25, 0.3) is 0 Å². The number of hydrogen-bond acceptors (Lipinski definition) is 7. The number of carbonyl (C=O) groups excluding carboxylic acids is 2. The van der Waals surface area contributed by atoms with E-state index in [1.165, 1.54) is 53.5 Å². The second-order valence-corrected chi connectivity index (χ2v) is 11.9. The maximum absolute atomic E-state index is 15.0. The Labute approximate surface area is 270 Å². The minimum Gasteiger partial charge on any atom is -0.367 e. The van der Waals surface area contributed by atoms with Crippen LogP contribution in [-0.4, -0.2) is 55.9 Å². The number of anilines is 2. The molecule has 0 bridgehead atoms. The largest absolute Gasteiger partial charge is 0.446 e. The second kappa shape index (κ2) is 13.7. The summed E-state index contributed by atoms with van der Waals surface area (Å²) in [6.07, 6.45) is -3.24. The van der Waals surface area contributed by atoms with E-state index in [-0.39, 0.29) is 55.9 Å². The molecule has 0 saturated carbocycles. The van der Waals surface area contributed by atoms with Gasteiger partial charge in [0.05, 0.1) is 29.4 Å². The van der Waals surface area contributed by atoms with Crippen LogP contribution in [0.4, 0.5) is 46.9 Å². The van der Waals surface area contributed by atoms with Crippen LogP contribution in [0.25, 0.3) is 17.1 Å². The molecule has 0 atom stereocenters. The number of nitrogens with zero attached hydrogens (tertiary/aromatic N) is 5. The van der Waals surface area contributed by atoms with Crippen molar-refractivity contribution in [2.45, 2.75) is 30.1 Å². The van der Waals surface area contributed by atoms with Crippen molar-refractivity contribution in [3.8, 4) is 17.1 Å². The van der Waals surface area contributed by atoms with Gasteiger partial charge in [0, 0.05) is 16.0 Å². The van der Waals surface area contributed by atoms with Gasteiger partial charge in [0.1, 0.15) is 18.8 Å². The van der Waals surface area contributed by atoms with E-state index in [0.29, 0.717) is 11.3 Å². The molecule has 3 amide bonds. The van der Waals surface area contributed by atoms with Crippen molar-refractivity contribution in [2.24, 2.45) is 4.99 Å². The highest BCUT2D eigenvalue weighted by molar-refractivity contribution is 8.15. The summed E-state index contributed by atoms with van der Waals surface area (Å²) in [4.78, 5) is 34.7. The Balaban J connectivity index is 1.29. The minimum absolute atomic E-state index is 0.00775. The third-order valence-corrected chi connectivity index (χ3v) is 7.93. The lowest BCUT2D eigenvalue weighted by molar-refractivity contribution is -0.176. The van der Waals surface area contributed by atoms with E-state index in [1.54, 1.807) is 19.1 Å². The Hall–Kier alpha value is -4.42. The monoisotopic (exact) mass is 698 g/mol. The number of rotatable bonds is 8. The van der Waals surface area contributed by atoms with Crippen LogP contribution in [0, 0.1) is 12.7 Å². The summed E-state index contributed by atoms with van der Waals surface area (Å²) in [6, 6.07) is 12.8. The lowest BCUT2D eigenvalue weighted by Crippen LogP contribution is -2.31. The van der Waals surface area contributed by atoms with Crippen LogP contribution in [0.15, 0.2) is 76.9 Å². The number of nitrogens with one attached hydrogen (secondary N) is 1. The van der Waals surface area contributed by atoms with Crippen LogP contribution in [0.2, 0.25) is 0 Å². The van der Waals surface area contributed by atoms with Gasteiger partial charge in [0.15, 0.2) is 11.0 Å². The minimum atomic E-state index is -4.54. The third kappa shape index (κ3) is 8.89. The Morgan fingerprint density at radius 2 is 1.81 bits per heavy atom. The average Bonchev–Trinajstić information content (AvgIpc) is 3.61. The predicted molar refractivity (Wildman–Crippen MR) is 162 cm³/mol. The number of carbonyl (C=O) groups is 2. The summed E-state index contributed by atoms with van der Waals surface area (Å²) in [7, 11) is 0. The van der Waals surface area contributed by atoms with Crippen LogP contribution < -0.4 is 10.2 Å². The topological polar surface area (TPSA) is 102 Å². The zero-order valence-corrected chi connectivity index (χ0v) is 25.5. The number of aryl methyl sites for hydroxylation is 1. The number of halogens is 7. The zero-order valence-electron chi connectivity index (χ0n) is 23.9. The Bertz CT molecular complexity index is 1830. The predicted octanol–water partition coefficient (Wildman–Crippen LogP) is 7.74. The number of thioether (sulfide) groups is 2. The molecule has 1 fully saturated rings. The number of aliphatic imine (C=N–C) groups is 1. The van der Waals surface area contributed by atoms with E-state index < -0.39 is 42.7 Å². The normalized spacial score (nSPS) is 14.7. The lowest BCUT2D eigenvalue weighted by Gasteiger charge is -2.21. The SMILES string of the molecule is Cc1ccc(COCC(F)(F)F)c(N2C(=O)CSC2=NC(=O)Nc2ccc(-c3ncn(-c4ccc(SC(F)(F)F)cc4)n3)cc2F)c1. The highest BCUT2D eigenvalue weighted by Crippen LogP contribution is 2.37. The molecular formula is C29H21F7N6O3S2. The molecule has 1 aliphatic heterocycles. The van der Waals surface area contributed by atoms with Crippen molar-refractivity contribution >= 4 is 52.0 Å². The number of hydrogen-bond donors (Lipinski definition) is 1. The van der Waals surface area contributed by atoms with E-state index in [4.69, 9.17) is 4.74 Å².